The van der Waals surface area contributed by atoms with E-state index in [4.69, 9.17) is 4.74 Å². The first-order valence-corrected chi connectivity index (χ1v) is 17.4. The van der Waals surface area contributed by atoms with Crippen molar-refractivity contribution < 1.29 is 4.74 Å². The summed E-state index contributed by atoms with van der Waals surface area (Å²) in [6.07, 6.45) is 10.4. The summed E-state index contributed by atoms with van der Waals surface area (Å²) in [5.74, 6) is 0.696. The first-order valence-electron chi connectivity index (χ1n) is 13.7. The van der Waals surface area contributed by atoms with Crippen molar-refractivity contribution in [1.29, 1.82) is 0 Å². The Morgan fingerprint density at radius 1 is 1.00 bits per heavy atom. The van der Waals surface area contributed by atoms with Crippen LogP contribution in [0.2, 0.25) is 25.7 Å². The molecule has 0 spiro atoms. The summed E-state index contributed by atoms with van der Waals surface area (Å²) < 4.78 is 10.4. The number of fused-ring (bicyclic) bond motifs is 3. The number of pyridine rings is 2. The Morgan fingerprint density at radius 2 is 1.78 bits per heavy atom. The fraction of sp³-hybridized carbons (Fsp3) is 0.467. The van der Waals surface area contributed by atoms with Crippen LogP contribution in [0.1, 0.15) is 37.3 Å². The molecule has 1 saturated carbocycles. The number of aromatic nitrogens is 3. The van der Waals surface area contributed by atoms with Gasteiger partial charge in [-0.1, -0.05) is 50.0 Å². The molecule has 0 saturated heterocycles. The molecule has 6 nitrogen and oxygen atoms in total. The van der Waals surface area contributed by atoms with E-state index in [2.05, 4.69) is 75.5 Å². The van der Waals surface area contributed by atoms with E-state index in [-0.39, 0.29) is 5.43 Å². The van der Waals surface area contributed by atoms with Gasteiger partial charge in [0.1, 0.15) is 12.4 Å². The van der Waals surface area contributed by atoms with Gasteiger partial charge in [0, 0.05) is 57.3 Å². The molecule has 1 fully saturated rings. The van der Waals surface area contributed by atoms with Crippen molar-refractivity contribution in [3.05, 3.63) is 76.8 Å². The Morgan fingerprint density at radius 3 is 2.54 bits per heavy atom. The number of benzene rings is 1. The molecule has 3 heterocycles. The van der Waals surface area contributed by atoms with Gasteiger partial charge in [-0.25, -0.2) is 4.98 Å². The van der Waals surface area contributed by atoms with E-state index in [1.54, 1.807) is 12.3 Å². The van der Waals surface area contributed by atoms with Crippen LogP contribution in [0, 0.1) is 5.92 Å². The number of hydrogen-bond acceptors (Lipinski definition) is 4. The fourth-order valence-electron chi connectivity index (χ4n) is 5.49. The molecular weight excluding hydrogens is 476 g/mol. The van der Waals surface area contributed by atoms with Gasteiger partial charge in [0.25, 0.3) is 0 Å². The largest absolute Gasteiger partial charge is 0.361 e. The van der Waals surface area contributed by atoms with Crippen LogP contribution in [-0.4, -0.2) is 35.3 Å². The zero-order chi connectivity index (χ0) is 25.8. The molecule has 1 aromatic carbocycles. The fourth-order valence-corrected chi connectivity index (χ4v) is 6.25. The Bertz CT molecular complexity index is 1380. The minimum absolute atomic E-state index is 0.0404. The van der Waals surface area contributed by atoms with Crippen molar-refractivity contribution >= 4 is 30.0 Å². The number of rotatable bonds is 10. The minimum atomic E-state index is -1.12. The van der Waals surface area contributed by atoms with Gasteiger partial charge in [-0.15, -0.1) is 0 Å². The lowest BCUT2D eigenvalue weighted by Crippen LogP contribution is -2.27. The predicted octanol–water partition coefficient (Wildman–Crippen LogP) is 6.18. The molecule has 0 amide bonds. The molecule has 1 aliphatic carbocycles. The quantitative estimate of drug-likeness (QED) is 0.202. The molecule has 196 valence electrons. The molecule has 7 heteroatoms. The van der Waals surface area contributed by atoms with E-state index in [1.807, 2.05) is 12.4 Å². The van der Waals surface area contributed by atoms with Crippen molar-refractivity contribution in [2.45, 2.75) is 70.7 Å². The predicted molar refractivity (Wildman–Crippen MR) is 155 cm³/mol. The average Bonchev–Trinajstić information content (AvgIpc) is 3.31. The maximum absolute atomic E-state index is 12.8. The molecule has 0 aliphatic heterocycles. The van der Waals surface area contributed by atoms with Gasteiger partial charge in [-0.3, -0.25) is 4.79 Å². The summed E-state index contributed by atoms with van der Waals surface area (Å²) in [4.78, 5) is 17.5. The van der Waals surface area contributed by atoms with Crippen molar-refractivity contribution in [1.82, 2.24) is 19.4 Å². The van der Waals surface area contributed by atoms with E-state index in [0.717, 1.165) is 55.1 Å². The van der Waals surface area contributed by atoms with Crippen LogP contribution in [0.25, 0.3) is 21.9 Å². The summed E-state index contributed by atoms with van der Waals surface area (Å²) in [7, 11) is -1.12. The molecule has 4 aromatic rings. The van der Waals surface area contributed by atoms with E-state index < -0.39 is 8.07 Å². The van der Waals surface area contributed by atoms with Gasteiger partial charge < -0.3 is 19.2 Å². The third-order valence-electron chi connectivity index (χ3n) is 7.71. The first-order chi connectivity index (χ1) is 17.9. The van der Waals surface area contributed by atoms with E-state index >= 15 is 0 Å². The van der Waals surface area contributed by atoms with Crippen LogP contribution < -0.4 is 10.7 Å². The van der Waals surface area contributed by atoms with Crippen molar-refractivity contribution in [2.24, 2.45) is 5.92 Å². The topological polar surface area (TPSA) is 61.1 Å². The summed E-state index contributed by atoms with van der Waals surface area (Å²) >= 11 is 0. The van der Waals surface area contributed by atoms with Crippen molar-refractivity contribution in [3.8, 4) is 0 Å². The lowest BCUT2D eigenvalue weighted by Gasteiger charge is -2.31. The second-order valence-electron chi connectivity index (χ2n) is 11.8. The Kier molecular flexibility index (Phi) is 7.93. The molecule has 37 heavy (non-hydrogen) atoms. The summed E-state index contributed by atoms with van der Waals surface area (Å²) in [5.41, 5.74) is 3.28. The normalized spacial score (nSPS) is 18.6. The van der Waals surface area contributed by atoms with E-state index in [0.29, 0.717) is 24.1 Å². The molecular formula is C30H40N4O2Si. The highest BCUT2D eigenvalue weighted by Gasteiger charge is 2.24. The molecule has 1 aliphatic rings. The van der Waals surface area contributed by atoms with Gasteiger partial charge >= 0.3 is 0 Å². The third-order valence-corrected chi connectivity index (χ3v) is 9.42. The zero-order valence-corrected chi connectivity index (χ0v) is 23.5. The first kappa shape index (κ1) is 25.9. The second-order valence-corrected chi connectivity index (χ2v) is 17.4. The summed E-state index contributed by atoms with van der Waals surface area (Å²) in [6, 6.07) is 16.0. The second kappa shape index (κ2) is 11.3. The lowest BCUT2D eigenvalue weighted by atomic mass is 9.85. The highest BCUT2D eigenvalue weighted by Crippen LogP contribution is 2.35. The monoisotopic (exact) mass is 516 g/mol. The average molecular weight is 517 g/mol. The summed E-state index contributed by atoms with van der Waals surface area (Å²) in [5, 5.41) is 5.40. The minimum Gasteiger partial charge on any atom is -0.361 e. The number of hydrogen-bond donors (Lipinski definition) is 1. The summed E-state index contributed by atoms with van der Waals surface area (Å²) in [6.45, 7) is 10.3. The van der Waals surface area contributed by atoms with Crippen LogP contribution in [0.3, 0.4) is 0 Å². The third kappa shape index (κ3) is 6.22. The van der Waals surface area contributed by atoms with Gasteiger partial charge in [0.05, 0.1) is 10.9 Å². The van der Waals surface area contributed by atoms with Crippen LogP contribution >= 0.6 is 0 Å². The van der Waals surface area contributed by atoms with Crippen LogP contribution in [0.15, 0.2) is 65.8 Å². The molecule has 1 N–H and O–H groups in total. The smallest absolute Gasteiger partial charge is 0.190 e. The number of nitrogens with zero attached hydrogens (tertiary/aromatic N) is 3. The van der Waals surface area contributed by atoms with E-state index in [9.17, 15) is 4.79 Å². The Labute approximate surface area is 220 Å². The number of nitrogens with one attached hydrogen (secondary N) is 1. The molecule has 5 rings (SSSR count). The van der Waals surface area contributed by atoms with Gasteiger partial charge in [-0.2, -0.15) is 0 Å². The standard InChI is InChI=1S/C30H40N4O2Si/c1-37(2,3)18-17-36-22-33-15-13-26-29-27(21-32-30(26)33)28(35)14-16-34(29)25-11-9-24(10-12-25)20-31-19-23-7-5-4-6-8-23/h4-8,13-16,21,24-25,31H,9-12,17-20,22H2,1-3H3. The van der Waals surface area contributed by atoms with Crippen molar-refractivity contribution in [2.75, 3.05) is 13.2 Å². The molecule has 0 unspecified atom stereocenters. The molecule has 0 atom stereocenters. The van der Waals surface area contributed by atoms with Crippen molar-refractivity contribution in [3.63, 3.8) is 0 Å². The number of ether oxygens (including phenoxy) is 1. The zero-order valence-electron chi connectivity index (χ0n) is 22.5. The Hall–Kier alpha value is -2.74. The molecule has 0 bridgehead atoms. The lowest BCUT2D eigenvalue weighted by molar-refractivity contribution is 0.0899. The molecule has 0 radical (unpaired) electrons. The van der Waals surface area contributed by atoms with Gasteiger partial charge in [0.15, 0.2) is 5.43 Å². The molecule has 3 aromatic heterocycles. The Balaban J connectivity index is 1.29. The van der Waals surface area contributed by atoms with Crippen LogP contribution in [-0.2, 0) is 18.0 Å². The van der Waals surface area contributed by atoms with Gasteiger partial charge in [-0.05, 0) is 55.8 Å². The van der Waals surface area contributed by atoms with Crippen LogP contribution in [0.4, 0.5) is 0 Å². The van der Waals surface area contributed by atoms with Crippen LogP contribution in [0.5, 0.6) is 0 Å². The van der Waals surface area contributed by atoms with E-state index in [1.165, 1.54) is 18.4 Å². The highest BCUT2D eigenvalue weighted by atomic mass is 28.3. The highest BCUT2D eigenvalue weighted by molar-refractivity contribution is 6.76. The maximum atomic E-state index is 12.8. The maximum Gasteiger partial charge on any atom is 0.190 e. The van der Waals surface area contributed by atoms with Gasteiger partial charge in [0.2, 0.25) is 0 Å². The SMILES string of the molecule is C[Si](C)(C)CCOCn1ccc2c1ncc1c(=O)ccn(C3CCC(CNCc4ccccc4)CC3)c12.